The average Bonchev–Trinajstić information content (AvgIpc) is 1.60. The Labute approximate surface area is 592 Å². The first-order chi connectivity index (χ1) is 44.9. The van der Waals surface area contributed by atoms with Crippen LogP contribution in [0.2, 0.25) is 0 Å². The first-order valence-electron chi connectivity index (χ1n) is 39.8. The van der Waals surface area contributed by atoms with Gasteiger partial charge in [0.05, 0.1) is 25.4 Å². The monoisotopic (exact) mass is 1350 g/mol. The lowest BCUT2D eigenvalue weighted by atomic mass is 9.77. The lowest BCUT2D eigenvalue weighted by molar-refractivity contribution is -0.0805. The Bertz CT molecular complexity index is 2070. The minimum Gasteiger partial charge on any atom is -0.381 e. The zero-order valence-electron chi connectivity index (χ0n) is 66.4. The maximum atomic E-state index is 5.82. The second-order valence-electron chi connectivity index (χ2n) is 38.3. The molecule has 0 aromatic heterocycles. The first-order valence-corrected chi connectivity index (χ1v) is 39.8. The number of morpholine rings is 1. The summed E-state index contributed by atoms with van der Waals surface area (Å²) < 4.78 is 22.2. The molecule has 16 nitrogen and oxygen atoms in total. The number of piperidine rings is 1. The Hall–Kier alpha value is -1.08. The highest BCUT2D eigenvalue weighted by molar-refractivity contribution is 5.04. The number of terminal acetylenes is 1. The molecule has 1 unspecified atom stereocenters. The molecule has 96 heavy (non-hydrogen) atoms. The van der Waals surface area contributed by atoms with E-state index in [2.05, 4.69) is 207 Å². The quantitative estimate of drug-likeness (QED) is 0.0827. The molecule has 0 amide bonds. The van der Waals surface area contributed by atoms with Gasteiger partial charge in [-0.25, -0.2) is 0 Å². The summed E-state index contributed by atoms with van der Waals surface area (Å²) in [5, 5.41) is 29.7. The molecule has 3 aliphatic carbocycles. The van der Waals surface area contributed by atoms with Crippen molar-refractivity contribution in [3.05, 3.63) is 0 Å². The second kappa shape index (κ2) is 39.2. The lowest BCUT2D eigenvalue weighted by Crippen LogP contribution is -2.60. The summed E-state index contributed by atoms with van der Waals surface area (Å²) in [6.45, 7) is 64.2. The van der Waals surface area contributed by atoms with Crippen LogP contribution in [-0.4, -0.2) is 243 Å². The number of likely N-dealkylation sites (tertiary alicyclic amines) is 3. The van der Waals surface area contributed by atoms with Crippen LogP contribution in [0.25, 0.3) is 0 Å². The van der Waals surface area contributed by atoms with E-state index in [1.807, 2.05) is 0 Å². The number of hydrogen-bond donors (Lipinski definition) is 8. The van der Waals surface area contributed by atoms with Crippen LogP contribution in [0.3, 0.4) is 0 Å². The van der Waals surface area contributed by atoms with Crippen LogP contribution in [0.5, 0.6) is 0 Å². The molecule has 4 atom stereocenters. The number of hydrogen-bond acceptors (Lipinski definition) is 16. The van der Waals surface area contributed by atoms with Crippen molar-refractivity contribution in [3.63, 3.8) is 0 Å². The summed E-state index contributed by atoms with van der Waals surface area (Å²) in [7, 11) is 0. The first kappa shape index (κ1) is 83.9. The molecule has 0 aromatic carbocycles. The van der Waals surface area contributed by atoms with Gasteiger partial charge in [-0.05, 0) is 299 Å². The number of nitrogens with zero attached hydrogens (tertiary/aromatic N) is 4. The van der Waals surface area contributed by atoms with Gasteiger partial charge in [-0.1, -0.05) is 5.92 Å². The van der Waals surface area contributed by atoms with Crippen molar-refractivity contribution < 1.29 is 18.9 Å². The molecule has 11 rings (SSSR count). The summed E-state index contributed by atoms with van der Waals surface area (Å²) in [6.07, 6.45) is 32.5. The van der Waals surface area contributed by atoms with E-state index >= 15 is 0 Å². The fraction of sp³-hybridized carbons (Fsp3) is 0.975. The summed E-state index contributed by atoms with van der Waals surface area (Å²) in [5.74, 6) is 3.46. The van der Waals surface area contributed by atoms with E-state index in [0.29, 0.717) is 23.7 Å². The van der Waals surface area contributed by atoms with Crippen LogP contribution >= 0.6 is 0 Å². The van der Waals surface area contributed by atoms with Gasteiger partial charge < -0.3 is 66.4 Å². The molecule has 11 fully saturated rings. The number of ether oxygens (including phenoxy) is 4. The highest BCUT2D eigenvalue weighted by Crippen LogP contribution is 2.35. The maximum Gasteiger partial charge on any atom is 0.0641 e. The maximum absolute atomic E-state index is 5.82. The van der Waals surface area contributed by atoms with Gasteiger partial charge >= 0.3 is 0 Å². The molecule has 0 bridgehead atoms. The zero-order valence-corrected chi connectivity index (χ0v) is 66.4. The van der Waals surface area contributed by atoms with E-state index in [1.54, 1.807) is 0 Å². The van der Waals surface area contributed by atoms with Crippen LogP contribution in [0.15, 0.2) is 0 Å². The Morgan fingerprint density at radius 2 is 0.802 bits per heavy atom. The van der Waals surface area contributed by atoms with Gasteiger partial charge in [0.1, 0.15) is 0 Å². The molecular formula is C80H158N12O4. The largest absolute Gasteiger partial charge is 0.381 e. The minimum absolute atomic E-state index is 0.0679. The molecule has 0 aromatic rings. The third-order valence-corrected chi connectivity index (χ3v) is 21.3. The van der Waals surface area contributed by atoms with E-state index in [1.165, 1.54) is 161 Å². The SMILES string of the molecule is C#CCN1CC[C@@H](NC(C)(C)C)C1.CC(C)(C)NC1CCC(N2CCOCC2)CC1.CC(C)(C)NC1CCC(NC2CC2)CC1.CC(C)(C)NC1CCN(C2CCOCC2)CC1.CC(C)(C)N[C@@H]1CCN(C2CCOC(C)(C)C2)C1.CC(C)(C)N[C@@]1(C2CCOCC2)CCNC1. The smallest absolute Gasteiger partial charge is 0.0641 e. The van der Waals surface area contributed by atoms with E-state index in [4.69, 9.17) is 25.4 Å². The molecule has 11 aliphatic rings. The predicted octanol–water partition coefficient (Wildman–Crippen LogP) is 11.5. The summed E-state index contributed by atoms with van der Waals surface area (Å²) in [6, 6.07) is 7.50. The molecule has 8 heterocycles. The fourth-order valence-electron chi connectivity index (χ4n) is 17.3. The van der Waals surface area contributed by atoms with Gasteiger partial charge in [0.2, 0.25) is 0 Å². The van der Waals surface area contributed by atoms with E-state index < -0.39 is 0 Å². The molecule has 8 aliphatic heterocycles. The summed E-state index contributed by atoms with van der Waals surface area (Å²) in [5.41, 5.74) is 1.82. The van der Waals surface area contributed by atoms with Crippen LogP contribution in [0.4, 0.5) is 0 Å². The lowest BCUT2D eigenvalue weighted by Gasteiger charge is -2.44. The summed E-state index contributed by atoms with van der Waals surface area (Å²) in [4.78, 5) is 10.3. The van der Waals surface area contributed by atoms with E-state index in [-0.39, 0.29) is 38.8 Å². The minimum atomic E-state index is 0.0679. The molecule has 8 saturated heterocycles. The Balaban J connectivity index is 0.000000183. The van der Waals surface area contributed by atoms with Gasteiger partial charge in [-0.15, -0.1) is 6.42 Å². The highest BCUT2D eigenvalue weighted by atomic mass is 16.5. The zero-order chi connectivity index (χ0) is 70.4. The van der Waals surface area contributed by atoms with Crippen molar-refractivity contribution >= 4 is 0 Å². The van der Waals surface area contributed by atoms with E-state index in [9.17, 15) is 0 Å². The van der Waals surface area contributed by atoms with Gasteiger partial charge in [0, 0.05) is 178 Å². The second-order valence-corrected chi connectivity index (χ2v) is 38.3. The van der Waals surface area contributed by atoms with E-state index in [0.717, 1.165) is 140 Å². The van der Waals surface area contributed by atoms with Gasteiger partial charge in [0.25, 0.3) is 0 Å². The Morgan fingerprint density at radius 1 is 0.406 bits per heavy atom. The molecule has 0 radical (unpaired) electrons. The van der Waals surface area contributed by atoms with Crippen LogP contribution in [0, 0.1) is 18.3 Å². The standard InChI is InChI=1S/C15H30N2O.2C14H28N2O.C13H26N2O.C13H26N2.C11H20N2/c1-14(2,3)16-12-6-8-17(11-12)13-7-9-18-15(4,5)10-13;1-14(2,3)15-12-4-8-16(9-5-12)13-6-10-17-11-7-13;1-14(2,3)15-12-4-6-13(7-5-12)16-8-10-17-11-9-16;1-12(2,3)15-13(6-7-14-10-13)11-4-8-16-9-5-11;1-13(2,3)15-12-8-6-11(7-9-12)14-10-4-5-10;1-5-7-13-8-6-10(9-13)12-11(2,3)4/h12-13,16H,6-11H2,1-5H3;2*12-13,15H,4-11H2,1-3H3;11,14-15H,4-10H2,1-3H3;10-12,14-15H,4-9H2,1-3H3;1,10,12H,6-9H2,2-4H3/t12-,13?;;;13-;;10-/m1..0.1/s1. The van der Waals surface area contributed by atoms with Crippen molar-refractivity contribution in [1.82, 2.24) is 62.1 Å². The third kappa shape index (κ3) is 34.5. The molecule has 8 N–H and O–H groups in total. The van der Waals surface area contributed by atoms with Crippen molar-refractivity contribution in [2.24, 2.45) is 5.92 Å². The molecule has 562 valence electrons. The Kier molecular flexibility index (Phi) is 34.2. The third-order valence-electron chi connectivity index (χ3n) is 21.3. The summed E-state index contributed by atoms with van der Waals surface area (Å²) >= 11 is 0. The molecular weight excluding hydrogens is 1190 g/mol. The van der Waals surface area contributed by atoms with Gasteiger partial charge in [-0.3, -0.25) is 14.7 Å². The molecule has 0 spiro atoms. The highest BCUT2D eigenvalue weighted by Gasteiger charge is 2.44. The number of rotatable bonds is 13. The predicted molar refractivity (Wildman–Crippen MR) is 407 cm³/mol. The fourth-order valence-corrected chi connectivity index (χ4v) is 17.3. The average molecular weight is 1350 g/mol. The van der Waals surface area contributed by atoms with Crippen LogP contribution in [-0.2, 0) is 18.9 Å². The molecule has 16 heteroatoms. The topological polar surface area (TPSA) is 146 Å². The van der Waals surface area contributed by atoms with Crippen LogP contribution < -0.4 is 42.5 Å². The van der Waals surface area contributed by atoms with Crippen molar-refractivity contribution in [2.45, 2.75) is 378 Å². The van der Waals surface area contributed by atoms with Crippen LogP contribution in [0.1, 0.15) is 273 Å². The van der Waals surface area contributed by atoms with Crippen molar-refractivity contribution in [1.29, 1.82) is 0 Å². The van der Waals surface area contributed by atoms with Gasteiger partial charge in [-0.2, -0.15) is 0 Å². The normalized spacial score (nSPS) is 30.8. The Morgan fingerprint density at radius 3 is 1.27 bits per heavy atom. The van der Waals surface area contributed by atoms with Crippen molar-refractivity contribution in [2.75, 3.05) is 118 Å². The number of nitrogens with one attached hydrogen (secondary N) is 8. The van der Waals surface area contributed by atoms with Gasteiger partial charge in [0.15, 0.2) is 0 Å². The van der Waals surface area contributed by atoms with Crippen molar-refractivity contribution in [3.8, 4) is 12.3 Å². The molecule has 3 saturated carbocycles.